The third-order valence-corrected chi connectivity index (χ3v) is 4.30. The molecular weight excluding hydrogens is 278 g/mol. The number of benzene rings is 1. The molecule has 0 heterocycles. The van der Waals surface area contributed by atoms with Gasteiger partial charge >= 0.3 is 0 Å². The normalized spacial score (nSPS) is 18.6. The minimum Gasteiger partial charge on any atom is -0.389 e. The number of ether oxygens (including phenoxy) is 1. The molecule has 2 atom stereocenters. The van der Waals surface area contributed by atoms with Crippen LogP contribution >= 0.6 is 0 Å². The Morgan fingerprint density at radius 3 is 2.64 bits per heavy atom. The Morgan fingerprint density at radius 1 is 1.27 bits per heavy atom. The van der Waals surface area contributed by atoms with E-state index in [9.17, 15) is 9.90 Å². The van der Waals surface area contributed by atoms with E-state index in [4.69, 9.17) is 4.74 Å². The van der Waals surface area contributed by atoms with Crippen LogP contribution in [0.5, 0.6) is 0 Å². The van der Waals surface area contributed by atoms with E-state index in [1.807, 2.05) is 37.3 Å². The maximum absolute atomic E-state index is 12.0. The molecule has 1 saturated carbocycles. The fourth-order valence-corrected chi connectivity index (χ4v) is 2.86. The molecular formula is C18H27NO3. The van der Waals surface area contributed by atoms with Crippen LogP contribution in [0.15, 0.2) is 30.3 Å². The van der Waals surface area contributed by atoms with Crippen LogP contribution in [-0.4, -0.2) is 30.3 Å². The first kappa shape index (κ1) is 17.0. The minimum atomic E-state index is -0.668. The second-order valence-electron chi connectivity index (χ2n) is 6.12. The van der Waals surface area contributed by atoms with Gasteiger partial charge in [0.1, 0.15) is 0 Å². The van der Waals surface area contributed by atoms with Gasteiger partial charge in [0.25, 0.3) is 0 Å². The first-order chi connectivity index (χ1) is 10.7. The number of carbonyl (C=O) groups excluding carboxylic acids is 1. The van der Waals surface area contributed by atoms with Gasteiger partial charge < -0.3 is 15.2 Å². The van der Waals surface area contributed by atoms with Crippen molar-refractivity contribution >= 4 is 5.91 Å². The average molecular weight is 305 g/mol. The molecule has 1 fully saturated rings. The van der Waals surface area contributed by atoms with Crippen molar-refractivity contribution in [1.82, 2.24) is 5.32 Å². The van der Waals surface area contributed by atoms with Crippen molar-refractivity contribution in [1.29, 1.82) is 0 Å². The Morgan fingerprint density at radius 2 is 1.95 bits per heavy atom. The van der Waals surface area contributed by atoms with E-state index in [0.717, 1.165) is 31.2 Å². The molecule has 0 aliphatic heterocycles. The molecule has 1 aromatic rings. The summed E-state index contributed by atoms with van der Waals surface area (Å²) in [5, 5.41) is 12.8. The highest BCUT2D eigenvalue weighted by Gasteiger charge is 2.21. The summed E-state index contributed by atoms with van der Waals surface area (Å²) in [7, 11) is 0. The van der Waals surface area contributed by atoms with E-state index in [1.54, 1.807) is 0 Å². The molecule has 2 N–H and O–H groups in total. The van der Waals surface area contributed by atoms with Gasteiger partial charge in [0.05, 0.1) is 18.8 Å². The molecule has 4 heteroatoms. The predicted molar refractivity (Wildman–Crippen MR) is 86.4 cm³/mol. The largest absolute Gasteiger partial charge is 0.389 e. The lowest BCUT2D eigenvalue weighted by molar-refractivity contribution is -0.126. The Bertz CT molecular complexity index is 443. The summed E-state index contributed by atoms with van der Waals surface area (Å²) in [6.07, 6.45) is 4.73. The predicted octanol–water partition coefficient (Wildman–Crippen LogP) is 2.82. The Balaban J connectivity index is 1.65. The number of nitrogens with one attached hydrogen (secondary N) is 1. The fourth-order valence-electron chi connectivity index (χ4n) is 2.86. The number of rotatable bonds is 7. The van der Waals surface area contributed by atoms with E-state index < -0.39 is 6.10 Å². The van der Waals surface area contributed by atoms with Gasteiger partial charge in [-0.1, -0.05) is 49.6 Å². The van der Waals surface area contributed by atoms with Crippen molar-refractivity contribution in [3.8, 4) is 0 Å². The first-order valence-corrected chi connectivity index (χ1v) is 8.29. The molecule has 0 aromatic heterocycles. The van der Waals surface area contributed by atoms with Crippen molar-refractivity contribution in [2.24, 2.45) is 5.92 Å². The number of aliphatic hydroxyl groups excluding tert-OH is 1. The fraction of sp³-hybridized carbons (Fsp3) is 0.611. The second kappa shape index (κ2) is 8.91. The molecule has 0 spiro atoms. The van der Waals surface area contributed by atoms with Gasteiger partial charge in [-0.3, -0.25) is 4.79 Å². The maximum atomic E-state index is 12.0. The molecule has 0 saturated heterocycles. The van der Waals surface area contributed by atoms with Crippen LogP contribution in [0.4, 0.5) is 0 Å². The van der Waals surface area contributed by atoms with Crippen molar-refractivity contribution in [2.45, 2.75) is 51.2 Å². The second-order valence-corrected chi connectivity index (χ2v) is 6.12. The number of hydrogen-bond donors (Lipinski definition) is 2. The van der Waals surface area contributed by atoms with E-state index in [2.05, 4.69) is 5.32 Å². The molecule has 2 rings (SSSR count). The topological polar surface area (TPSA) is 58.6 Å². The van der Waals surface area contributed by atoms with Gasteiger partial charge in [-0.15, -0.1) is 0 Å². The highest BCUT2D eigenvalue weighted by atomic mass is 16.5. The van der Waals surface area contributed by atoms with Crippen LogP contribution in [0.3, 0.4) is 0 Å². The highest BCUT2D eigenvalue weighted by Crippen LogP contribution is 2.23. The lowest BCUT2D eigenvalue weighted by Crippen LogP contribution is -2.38. The van der Waals surface area contributed by atoms with E-state index in [0.29, 0.717) is 0 Å². The number of aliphatic hydroxyl groups is 1. The van der Waals surface area contributed by atoms with Crippen molar-refractivity contribution < 1.29 is 14.6 Å². The average Bonchev–Trinajstić information content (AvgIpc) is 2.59. The zero-order valence-electron chi connectivity index (χ0n) is 13.3. The first-order valence-electron chi connectivity index (χ1n) is 8.29. The molecule has 0 radical (unpaired) electrons. The summed E-state index contributed by atoms with van der Waals surface area (Å²) in [4.78, 5) is 12.0. The zero-order chi connectivity index (χ0) is 15.8. The van der Waals surface area contributed by atoms with Crippen LogP contribution in [0.25, 0.3) is 0 Å². The standard InChI is InChI=1S/C18H27NO3/c1-14(15-8-4-2-5-9-15)22-13-17(20)12-19-18(21)16-10-6-3-7-11-16/h2,4-5,8-9,14,16-17,20H,3,6-7,10-13H2,1H3,(H,19,21)/t14-,17+/m1/s1. The van der Waals surface area contributed by atoms with Gasteiger partial charge in [0, 0.05) is 12.5 Å². The van der Waals surface area contributed by atoms with E-state index in [-0.39, 0.29) is 31.1 Å². The summed E-state index contributed by atoms with van der Waals surface area (Å²) in [5.41, 5.74) is 1.08. The number of carbonyl (C=O) groups is 1. The molecule has 1 aromatic carbocycles. The third-order valence-electron chi connectivity index (χ3n) is 4.30. The molecule has 0 bridgehead atoms. The van der Waals surface area contributed by atoms with E-state index >= 15 is 0 Å². The van der Waals surface area contributed by atoms with Gasteiger partial charge in [-0.2, -0.15) is 0 Å². The lowest BCUT2D eigenvalue weighted by atomic mass is 9.89. The minimum absolute atomic E-state index is 0.0649. The lowest BCUT2D eigenvalue weighted by Gasteiger charge is -2.22. The Kier molecular flexibility index (Phi) is 6.87. The summed E-state index contributed by atoms with van der Waals surface area (Å²) in [6, 6.07) is 9.90. The molecule has 1 aliphatic rings. The smallest absolute Gasteiger partial charge is 0.223 e. The van der Waals surface area contributed by atoms with Crippen LogP contribution in [-0.2, 0) is 9.53 Å². The van der Waals surface area contributed by atoms with Crippen molar-refractivity contribution in [3.05, 3.63) is 35.9 Å². The molecule has 122 valence electrons. The third kappa shape index (κ3) is 5.43. The summed E-state index contributed by atoms with van der Waals surface area (Å²) >= 11 is 0. The van der Waals surface area contributed by atoms with Crippen molar-refractivity contribution in [2.75, 3.05) is 13.2 Å². The molecule has 4 nitrogen and oxygen atoms in total. The summed E-state index contributed by atoms with van der Waals surface area (Å²) < 4.78 is 5.67. The van der Waals surface area contributed by atoms with Crippen LogP contribution in [0.1, 0.15) is 50.7 Å². The maximum Gasteiger partial charge on any atom is 0.223 e. The van der Waals surface area contributed by atoms with Crippen LogP contribution in [0, 0.1) is 5.92 Å². The Labute approximate surface area is 132 Å². The molecule has 22 heavy (non-hydrogen) atoms. The van der Waals surface area contributed by atoms with Gasteiger partial charge in [-0.25, -0.2) is 0 Å². The van der Waals surface area contributed by atoms with E-state index in [1.165, 1.54) is 6.42 Å². The van der Waals surface area contributed by atoms with Gasteiger partial charge in [0.15, 0.2) is 0 Å². The molecule has 1 amide bonds. The summed E-state index contributed by atoms with van der Waals surface area (Å²) in [5.74, 6) is 0.208. The quantitative estimate of drug-likeness (QED) is 0.814. The van der Waals surface area contributed by atoms with Crippen molar-refractivity contribution in [3.63, 3.8) is 0 Å². The Hall–Kier alpha value is -1.39. The monoisotopic (exact) mass is 305 g/mol. The van der Waals surface area contributed by atoms with Crippen LogP contribution < -0.4 is 5.32 Å². The highest BCUT2D eigenvalue weighted by molar-refractivity contribution is 5.78. The zero-order valence-corrected chi connectivity index (χ0v) is 13.3. The number of hydrogen-bond acceptors (Lipinski definition) is 3. The molecule has 1 aliphatic carbocycles. The van der Waals surface area contributed by atoms with Gasteiger partial charge in [0.2, 0.25) is 5.91 Å². The number of amides is 1. The molecule has 0 unspecified atom stereocenters. The van der Waals surface area contributed by atoms with Gasteiger partial charge in [-0.05, 0) is 25.3 Å². The SMILES string of the molecule is C[C@@H](OC[C@@H](O)CNC(=O)C1CCCCC1)c1ccccc1. The van der Waals surface area contributed by atoms with Crippen LogP contribution in [0.2, 0.25) is 0 Å². The summed E-state index contributed by atoms with van der Waals surface area (Å²) in [6.45, 7) is 2.44.